The highest BCUT2D eigenvalue weighted by Gasteiger charge is 2.38. The smallest absolute Gasteiger partial charge is 0.418 e. The number of aromatic amines is 1. The van der Waals surface area contributed by atoms with Gasteiger partial charge in [-0.2, -0.15) is 13.2 Å². The lowest BCUT2D eigenvalue weighted by Crippen LogP contribution is -2.15. The fraction of sp³-hybridized carbons (Fsp3) is 0.143. The maximum absolute atomic E-state index is 12.4. The highest BCUT2D eigenvalue weighted by Crippen LogP contribution is 2.36. The molecule has 0 unspecified atom stereocenters. The molecule has 82 valence electrons. The van der Waals surface area contributed by atoms with E-state index in [0.717, 1.165) is 6.20 Å². The number of carboxylic acids is 1. The van der Waals surface area contributed by atoms with Gasteiger partial charge in [-0.15, -0.1) is 0 Å². The van der Waals surface area contributed by atoms with E-state index in [9.17, 15) is 18.0 Å². The summed E-state index contributed by atoms with van der Waals surface area (Å²) >= 11 is 9.72. The zero-order valence-corrected chi connectivity index (χ0v) is 8.43. The number of alkyl halides is 3. The number of carbonyl (C=O) groups is 1. The average Bonchev–Trinajstić information content (AvgIpc) is 2.05. The van der Waals surface area contributed by atoms with Crippen molar-refractivity contribution in [2.45, 2.75) is 6.18 Å². The Morgan fingerprint density at radius 2 is 2.07 bits per heavy atom. The van der Waals surface area contributed by atoms with Crippen LogP contribution in [0.3, 0.4) is 0 Å². The van der Waals surface area contributed by atoms with Gasteiger partial charge in [0.15, 0.2) is 0 Å². The van der Waals surface area contributed by atoms with Gasteiger partial charge in [0.05, 0.1) is 10.6 Å². The first-order valence-corrected chi connectivity index (χ1v) is 4.25. The summed E-state index contributed by atoms with van der Waals surface area (Å²) < 4.78 is 36.8. The molecule has 0 aromatic carbocycles. The molecule has 0 aliphatic carbocycles. The van der Waals surface area contributed by atoms with Gasteiger partial charge in [-0.25, -0.2) is 4.79 Å². The van der Waals surface area contributed by atoms with E-state index >= 15 is 0 Å². The Morgan fingerprint density at radius 1 is 1.53 bits per heavy atom. The molecule has 0 fully saturated rings. The summed E-state index contributed by atoms with van der Waals surface area (Å²) in [4.78, 5) is 12.8. The molecule has 2 N–H and O–H groups in total. The van der Waals surface area contributed by atoms with Crippen LogP contribution >= 0.6 is 23.8 Å². The summed E-state index contributed by atoms with van der Waals surface area (Å²) in [6, 6.07) is 0. The first-order valence-electron chi connectivity index (χ1n) is 3.47. The van der Waals surface area contributed by atoms with Crippen molar-refractivity contribution in [2.75, 3.05) is 0 Å². The Morgan fingerprint density at radius 3 is 2.40 bits per heavy atom. The quantitative estimate of drug-likeness (QED) is 0.760. The van der Waals surface area contributed by atoms with E-state index in [0.29, 0.717) is 0 Å². The van der Waals surface area contributed by atoms with Gasteiger partial charge in [-0.1, -0.05) is 23.8 Å². The van der Waals surface area contributed by atoms with Crippen molar-refractivity contribution in [3.05, 3.63) is 27.0 Å². The molecular formula is C7H3ClF3NO2S. The van der Waals surface area contributed by atoms with Crippen LogP contribution in [-0.2, 0) is 6.18 Å². The number of aromatic nitrogens is 1. The largest absolute Gasteiger partial charge is 0.478 e. The highest BCUT2D eigenvalue weighted by atomic mass is 35.5. The summed E-state index contributed by atoms with van der Waals surface area (Å²) in [5.41, 5.74) is -2.47. The van der Waals surface area contributed by atoms with E-state index in [1.165, 1.54) is 0 Å². The van der Waals surface area contributed by atoms with E-state index in [1.807, 2.05) is 0 Å². The molecule has 1 aromatic heterocycles. The van der Waals surface area contributed by atoms with Crippen molar-refractivity contribution in [2.24, 2.45) is 0 Å². The predicted octanol–water partition coefficient (Wildman–Crippen LogP) is 3.11. The van der Waals surface area contributed by atoms with Crippen LogP contribution in [0.2, 0.25) is 5.02 Å². The van der Waals surface area contributed by atoms with E-state index in [-0.39, 0.29) is 0 Å². The Kier molecular flexibility index (Phi) is 3.05. The third kappa shape index (κ3) is 2.29. The van der Waals surface area contributed by atoms with Crippen LogP contribution in [0.15, 0.2) is 6.20 Å². The zero-order chi connectivity index (χ0) is 11.8. The minimum atomic E-state index is -4.85. The Labute approximate surface area is 91.5 Å². The minimum Gasteiger partial charge on any atom is -0.478 e. The van der Waals surface area contributed by atoms with Crippen LogP contribution in [0.4, 0.5) is 13.2 Å². The third-order valence-corrected chi connectivity index (χ3v) is 2.16. The summed E-state index contributed by atoms with van der Waals surface area (Å²) in [6.07, 6.45) is -4.05. The van der Waals surface area contributed by atoms with Gasteiger partial charge in [0.25, 0.3) is 0 Å². The molecule has 0 atom stereocenters. The van der Waals surface area contributed by atoms with Gasteiger partial charge in [0, 0.05) is 6.20 Å². The van der Waals surface area contributed by atoms with Gasteiger partial charge < -0.3 is 10.1 Å². The van der Waals surface area contributed by atoms with Crippen molar-refractivity contribution < 1.29 is 23.1 Å². The number of rotatable bonds is 1. The van der Waals surface area contributed by atoms with Gasteiger partial charge in [0.1, 0.15) is 10.2 Å². The topological polar surface area (TPSA) is 53.1 Å². The molecule has 0 amide bonds. The average molecular weight is 258 g/mol. The number of carboxylic acid groups (broad SMARTS) is 1. The molecule has 3 nitrogen and oxygen atoms in total. The molecule has 0 radical (unpaired) electrons. The number of nitrogens with one attached hydrogen (secondary N) is 1. The van der Waals surface area contributed by atoms with Crippen molar-refractivity contribution in [1.29, 1.82) is 0 Å². The van der Waals surface area contributed by atoms with Gasteiger partial charge >= 0.3 is 12.1 Å². The van der Waals surface area contributed by atoms with E-state index in [2.05, 4.69) is 17.2 Å². The van der Waals surface area contributed by atoms with Crippen LogP contribution in [0.1, 0.15) is 15.9 Å². The normalized spacial score (nSPS) is 11.5. The van der Waals surface area contributed by atoms with Crippen molar-refractivity contribution in [3.63, 3.8) is 0 Å². The summed E-state index contributed by atoms with van der Waals surface area (Å²) in [7, 11) is 0. The number of hydrogen-bond donors (Lipinski definition) is 2. The number of hydrogen-bond acceptors (Lipinski definition) is 2. The van der Waals surface area contributed by atoms with Gasteiger partial charge in [0.2, 0.25) is 0 Å². The molecular weight excluding hydrogens is 255 g/mol. The van der Waals surface area contributed by atoms with Crippen molar-refractivity contribution >= 4 is 29.8 Å². The second-order valence-corrected chi connectivity index (χ2v) is 3.33. The molecule has 1 rings (SSSR count). The standard InChI is InChI=1S/C7H3ClF3NO2S/c8-2-1-12-5(15)3(6(13)14)4(2)7(9,10)11/h1H,(H,12,15)(H,13,14). The molecule has 8 heteroatoms. The van der Waals surface area contributed by atoms with Crippen molar-refractivity contribution in [1.82, 2.24) is 4.98 Å². The molecule has 0 aliphatic rings. The van der Waals surface area contributed by atoms with E-state index in [4.69, 9.17) is 16.7 Å². The Hall–Kier alpha value is -1.08. The van der Waals surface area contributed by atoms with Crippen LogP contribution in [-0.4, -0.2) is 16.1 Å². The first-order chi connectivity index (χ1) is 6.75. The molecule has 1 heterocycles. The molecule has 0 saturated carbocycles. The number of aromatic carboxylic acids is 1. The lowest BCUT2D eigenvalue weighted by Gasteiger charge is -2.11. The number of H-pyrrole nitrogens is 1. The predicted molar refractivity (Wildman–Crippen MR) is 48.6 cm³/mol. The molecule has 0 saturated heterocycles. The fourth-order valence-electron chi connectivity index (χ4n) is 0.987. The first kappa shape index (κ1) is 12.0. The second kappa shape index (κ2) is 3.82. The maximum atomic E-state index is 12.4. The fourth-order valence-corrected chi connectivity index (χ4v) is 1.49. The number of halogens is 4. The van der Waals surface area contributed by atoms with Gasteiger partial charge in [-0.3, -0.25) is 0 Å². The second-order valence-electron chi connectivity index (χ2n) is 2.52. The van der Waals surface area contributed by atoms with Crippen LogP contribution in [0, 0.1) is 4.64 Å². The Balaban J connectivity index is 3.68. The van der Waals surface area contributed by atoms with Crippen LogP contribution < -0.4 is 0 Å². The lowest BCUT2D eigenvalue weighted by atomic mass is 10.1. The van der Waals surface area contributed by atoms with E-state index < -0.39 is 32.9 Å². The molecule has 0 spiro atoms. The zero-order valence-electron chi connectivity index (χ0n) is 6.85. The maximum Gasteiger partial charge on any atom is 0.418 e. The van der Waals surface area contributed by atoms with Gasteiger partial charge in [-0.05, 0) is 0 Å². The summed E-state index contributed by atoms with van der Waals surface area (Å²) in [6.45, 7) is 0. The number of pyridine rings is 1. The van der Waals surface area contributed by atoms with E-state index in [1.54, 1.807) is 0 Å². The monoisotopic (exact) mass is 257 g/mol. The highest BCUT2D eigenvalue weighted by molar-refractivity contribution is 7.71. The lowest BCUT2D eigenvalue weighted by molar-refractivity contribution is -0.138. The molecule has 1 aromatic rings. The summed E-state index contributed by atoms with van der Waals surface area (Å²) in [5, 5.41) is 7.86. The van der Waals surface area contributed by atoms with Crippen LogP contribution in [0.5, 0.6) is 0 Å². The molecule has 15 heavy (non-hydrogen) atoms. The molecule has 0 bridgehead atoms. The van der Waals surface area contributed by atoms with Crippen LogP contribution in [0.25, 0.3) is 0 Å². The SMILES string of the molecule is O=C(O)c1c(C(F)(F)F)c(Cl)c[nH]c1=S. The summed E-state index contributed by atoms with van der Waals surface area (Å²) in [5.74, 6) is -1.77. The minimum absolute atomic E-state index is 0.515. The molecule has 0 aliphatic heterocycles. The Bertz CT molecular complexity index is 468. The van der Waals surface area contributed by atoms with Crippen molar-refractivity contribution in [3.8, 4) is 0 Å². The third-order valence-electron chi connectivity index (χ3n) is 1.54.